The van der Waals surface area contributed by atoms with Crippen LogP contribution >= 0.6 is 0 Å². The molecule has 37 heavy (non-hydrogen) atoms. The van der Waals surface area contributed by atoms with Crippen molar-refractivity contribution in [3.63, 3.8) is 0 Å². The molecule has 11 heteroatoms. The van der Waals surface area contributed by atoms with E-state index in [-0.39, 0.29) is 29.7 Å². The Labute approximate surface area is 215 Å². The molecule has 0 saturated carbocycles. The Hall–Kier alpha value is -4.12. The predicted octanol–water partition coefficient (Wildman–Crippen LogP) is 2.47. The smallest absolute Gasteiger partial charge is 0.339 e. The number of carbonyl (C=O) groups is 4. The number of carbonyl (C=O) groups excluding carboxylic acids is 4. The Kier molecular flexibility index (Phi) is 9.84. The summed E-state index contributed by atoms with van der Waals surface area (Å²) in [5.41, 5.74) is 1.23. The molecular formula is C26H31N3O8. The summed E-state index contributed by atoms with van der Waals surface area (Å²) in [5.74, 6) is -1.02. The van der Waals surface area contributed by atoms with E-state index in [1.165, 1.54) is 32.0 Å². The fraction of sp³-hybridized carbons (Fsp3) is 0.385. The fourth-order valence-corrected chi connectivity index (χ4v) is 3.43. The Morgan fingerprint density at radius 1 is 0.946 bits per heavy atom. The van der Waals surface area contributed by atoms with Crippen LogP contribution in [0.1, 0.15) is 31.1 Å². The number of rotatable bonds is 10. The Balaban J connectivity index is 1.57. The molecule has 3 rings (SSSR count). The SMILES string of the molecule is CCOc1cc(C(=O)OC(C)C(=O)Nc2ccc(NC(C)=O)cc2)ccc1OCC(=O)N1CCOCC1. The fourth-order valence-electron chi connectivity index (χ4n) is 3.43. The van der Waals surface area contributed by atoms with Crippen LogP contribution in [0.3, 0.4) is 0 Å². The van der Waals surface area contributed by atoms with E-state index in [0.717, 1.165) is 0 Å². The number of nitrogens with zero attached hydrogens (tertiary/aromatic N) is 1. The summed E-state index contributed by atoms with van der Waals surface area (Å²) in [6.07, 6.45) is -1.08. The van der Waals surface area contributed by atoms with Gasteiger partial charge in [0.15, 0.2) is 24.2 Å². The van der Waals surface area contributed by atoms with Gasteiger partial charge < -0.3 is 34.5 Å². The molecule has 0 bridgehead atoms. The minimum atomic E-state index is -1.08. The quantitative estimate of drug-likeness (QED) is 0.463. The van der Waals surface area contributed by atoms with Crippen LogP contribution < -0.4 is 20.1 Å². The third kappa shape index (κ3) is 8.21. The summed E-state index contributed by atoms with van der Waals surface area (Å²) in [5, 5.41) is 5.29. The van der Waals surface area contributed by atoms with Crippen LogP contribution in [0.15, 0.2) is 42.5 Å². The van der Waals surface area contributed by atoms with Gasteiger partial charge in [0.1, 0.15) is 0 Å². The zero-order chi connectivity index (χ0) is 26.8. The van der Waals surface area contributed by atoms with Crippen molar-refractivity contribution in [1.82, 2.24) is 4.90 Å². The van der Waals surface area contributed by atoms with Gasteiger partial charge in [-0.25, -0.2) is 4.79 Å². The molecule has 1 saturated heterocycles. The standard InChI is InChI=1S/C26H31N3O8/c1-4-35-23-15-19(5-10-22(23)36-16-24(31)29-11-13-34-14-12-29)26(33)37-17(2)25(32)28-21-8-6-20(7-9-21)27-18(3)30/h5-10,15,17H,4,11-14,16H2,1-3H3,(H,27,30)(H,28,32). The van der Waals surface area contributed by atoms with Crippen LogP contribution in [0.5, 0.6) is 11.5 Å². The second kappa shape index (κ2) is 13.3. The number of benzene rings is 2. The molecule has 1 unspecified atom stereocenters. The van der Waals surface area contributed by atoms with Crippen molar-refractivity contribution >= 4 is 35.1 Å². The third-order valence-corrected chi connectivity index (χ3v) is 5.32. The number of esters is 1. The number of ether oxygens (including phenoxy) is 4. The lowest BCUT2D eigenvalue weighted by Crippen LogP contribution is -2.43. The van der Waals surface area contributed by atoms with Gasteiger partial charge in [0.25, 0.3) is 11.8 Å². The average Bonchev–Trinajstić information content (AvgIpc) is 2.89. The van der Waals surface area contributed by atoms with E-state index in [1.807, 2.05) is 0 Å². The third-order valence-electron chi connectivity index (χ3n) is 5.32. The van der Waals surface area contributed by atoms with E-state index >= 15 is 0 Å². The first-order chi connectivity index (χ1) is 17.8. The van der Waals surface area contributed by atoms with Crippen molar-refractivity contribution < 1.29 is 38.1 Å². The molecule has 3 amide bonds. The first-order valence-corrected chi connectivity index (χ1v) is 11.9. The second-order valence-corrected chi connectivity index (χ2v) is 8.17. The van der Waals surface area contributed by atoms with Crippen LogP contribution in [0.2, 0.25) is 0 Å². The van der Waals surface area contributed by atoms with E-state index in [2.05, 4.69) is 10.6 Å². The zero-order valence-electron chi connectivity index (χ0n) is 21.1. The molecular weight excluding hydrogens is 482 g/mol. The molecule has 2 aromatic rings. The highest BCUT2D eigenvalue weighted by molar-refractivity contribution is 5.98. The van der Waals surface area contributed by atoms with Crippen molar-refractivity contribution in [2.24, 2.45) is 0 Å². The van der Waals surface area contributed by atoms with Gasteiger partial charge in [-0.05, 0) is 56.3 Å². The van der Waals surface area contributed by atoms with Crippen LogP contribution in [-0.4, -0.2) is 74.2 Å². The van der Waals surface area contributed by atoms with Crippen molar-refractivity contribution in [3.05, 3.63) is 48.0 Å². The molecule has 11 nitrogen and oxygen atoms in total. The second-order valence-electron chi connectivity index (χ2n) is 8.17. The summed E-state index contributed by atoms with van der Waals surface area (Å²) in [6.45, 7) is 6.79. The molecule has 0 aliphatic carbocycles. The van der Waals surface area contributed by atoms with Gasteiger partial charge in [-0.2, -0.15) is 0 Å². The highest BCUT2D eigenvalue weighted by Crippen LogP contribution is 2.29. The summed E-state index contributed by atoms with van der Waals surface area (Å²) in [6, 6.07) is 11.0. The molecule has 1 heterocycles. The number of amides is 3. The lowest BCUT2D eigenvalue weighted by atomic mass is 10.2. The van der Waals surface area contributed by atoms with Crippen molar-refractivity contribution in [3.8, 4) is 11.5 Å². The van der Waals surface area contributed by atoms with Gasteiger partial charge >= 0.3 is 5.97 Å². The monoisotopic (exact) mass is 513 g/mol. The summed E-state index contributed by atoms with van der Waals surface area (Å²) in [4.78, 5) is 50.3. The lowest BCUT2D eigenvalue weighted by Gasteiger charge is -2.26. The van der Waals surface area contributed by atoms with Crippen LogP contribution in [-0.2, 0) is 23.9 Å². The van der Waals surface area contributed by atoms with E-state index in [9.17, 15) is 19.2 Å². The highest BCUT2D eigenvalue weighted by atomic mass is 16.5. The molecule has 1 aliphatic rings. The zero-order valence-corrected chi connectivity index (χ0v) is 21.1. The molecule has 1 aliphatic heterocycles. The van der Waals surface area contributed by atoms with Gasteiger partial charge in [0, 0.05) is 31.4 Å². The first kappa shape index (κ1) is 27.5. The maximum atomic E-state index is 12.7. The lowest BCUT2D eigenvalue weighted by molar-refractivity contribution is -0.137. The minimum Gasteiger partial charge on any atom is -0.490 e. The van der Waals surface area contributed by atoms with Gasteiger partial charge in [0.2, 0.25) is 5.91 Å². The summed E-state index contributed by atoms with van der Waals surface area (Å²) >= 11 is 0. The first-order valence-electron chi connectivity index (χ1n) is 11.9. The molecule has 1 atom stereocenters. The Bertz CT molecular complexity index is 1110. The number of hydrogen-bond acceptors (Lipinski definition) is 8. The maximum Gasteiger partial charge on any atom is 0.339 e. The van der Waals surface area contributed by atoms with E-state index in [0.29, 0.717) is 50.0 Å². The maximum absolute atomic E-state index is 12.7. The topological polar surface area (TPSA) is 132 Å². The van der Waals surface area contributed by atoms with E-state index in [1.54, 1.807) is 36.1 Å². The van der Waals surface area contributed by atoms with Gasteiger partial charge in [-0.15, -0.1) is 0 Å². The molecule has 1 fully saturated rings. The molecule has 198 valence electrons. The highest BCUT2D eigenvalue weighted by Gasteiger charge is 2.22. The number of hydrogen-bond donors (Lipinski definition) is 2. The Morgan fingerprint density at radius 2 is 1.59 bits per heavy atom. The largest absolute Gasteiger partial charge is 0.490 e. The van der Waals surface area contributed by atoms with Crippen molar-refractivity contribution in [1.29, 1.82) is 0 Å². The summed E-state index contributed by atoms with van der Waals surface area (Å²) < 4.78 is 21.8. The van der Waals surface area contributed by atoms with Gasteiger partial charge in [-0.1, -0.05) is 0 Å². The summed E-state index contributed by atoms with van der Waals surface area (Å²) in [7, 11) is 0. The average molecular weight is 514 g/mol. The predicted molar refractivity (Wildman–Crippen MR) is 135 cm³/mol. The van der Waals surface area contributed by atoms with Crippen LogP contribution in [0.4, 0.5) is 11.4 Å². The number of nitrogens with one attached hydrogen (secondary N) is 2. The normalized spacial score (nSPS) is 13.8. The molecule has 2 aromatic carbocycles. The van der Waals surface area contributed by atoms with Crippen molar-refractivity contribution in [2.75, 3.05) is 50.2 Å². The van der Waals surface area contributed by atoms with Crippen LogP contribution in [0, 0.1) is 0 Å². The van der Waals surface area contributed by atoms with Gasteiger partial charge in [-0.3, -0.25) is 14.4 Å². The molecule has 0 spiro atoms. The number of morpholine rings is 1. The van der Waals surface area contributed by atoms with E-state index in [4.69, 9.17) is 18.9 Å². The molecule has 0 aromatic heterocycles. The number of anilines is 2. The van der Waals surface area contributed by atoms with Crippen LogP contribution in [0.25, 0.3) is 0 Å². The van der Waals surface area contributed by atoms with Gasteiger partial charge in [0.05, 0.1) is 25.4 Å². The molecule has 2 N–H and O–H groups in total. The van der Waals surface area contributed by atoms with Crippen molar-refractivity contribution in [2.45, 2.75) is 26.9 Å². The molecule has 0 radical (unpaired) electrons. The van der Waals surface area contributed by atoms with E-state index < -0.39 is 18.0 Å². The Morgan fingerprint density at radius 3 is 2.22 bits per heavy atom. The minimum absolute atomic E-state index is 0.162.